The zero-order valence-corrected chi connectivity index (χ0v) is 13.4. The molecule has 0 saturated heterocycles. The molecule has 5 heteroatoms. The summed E-state index contributed by atoms with van der Waals surface area (Å²) in [5, 5.41) is 3.16. The fourth-order valence-electron chi connectivity index (χ4n) is 2.10. The maximum atomic E-state index is 14.1. The fourth-order valence-corrected chi connectivity index (χ4v) is 2.46. The second kappa shape index (κ2) is 7.00. The Bertz CT molecular complexity index is 634. The average Bonchev–Trinajstić information content (AvgIpc) is 2.43. The number of ether oxygens (including phenoxy) is 1. The van der Waals surface area contributed by atoms with Crippen LogP contribution < -0.4 is 10.1 Å². The predicted octanol–water partition coefficient (Wildman–Crippen LogP) is 5.19. The molecule has 0 amide bonds. The Morgan fingerprint density at radius 3 is 2.62 bits per heavy atom. The van der Waals surface area contributed by atoms with Gasteiger partial charge in [-0.1, -0.05) is 13.0 Å². The molecule has 0 aromatic heterocycles. The highest BCUT2D eigenvalue weighted by atomic mass is 79.9. The number of hydrogen-bond donors (Lipinski definition) is 1. The van der Waals surface area contributed by atoms with Crippen LogP contribution in [0.3, 0.4) is 0 Å². The van der Waals surface area contributed by atoms with Crippen molar-refractivity contribution in [1.29, 1.82) is 0 Å². The first-order valence-electron chi connectivity index (χ1n) is 6.67. The summed E-state index contributed by atoms with van der Waals surface area (Å²) >= 11 is 3.10. The standard InChI is InChI=1S/C16H16BrF2NO/c1-3-20-10(2)16-14(19)5-4-6-15(16)21-11-7-8-13(18)12(17)9-11/h4-10,20H,3H2,1-2H3. The van der Waals surface area contributed by atoms with E-state index < -0.39 is 0 Å². The summed E-state index contributed by atoms with van der Waals surface area (Å²) in [6.07, 6.45) is 0. The van der Waals surface area contributed by atoms with Gasteiger partial charge in [0.2, 0.25) is 0 Å². The van der Waals surface area contributed by atoms with Crippen molar-refractivity contribution in [3.8, 4) is 11.5 Å². The van der Waals surface area contributed by atoms with Crippen LogP contribution in [-0.4, -0.2) is 6.54 Å². The maximum Gasteiger partial charge on any atom is 0.137 e. The first-order chi connectivity index (χ1) is 10.0. The molecule has 1 unspecified atom stereocenters. The van der Waals surface area contributed by atoms with E-state index in [1.54, 1.807) is 12.1 Å². The first-order valence-corrected chi connectivity index (χ1v) is 7.47. The normalized spacial score (nSPS) is 12.2. The van der Waals surface area contributed by atoms with Crippen LogP contribution in [0.2, 0.25) is 0 Å². The number of benzene rings is 2. The highest BCUT2D eigenvalue weighted by molar-refractivity contribution is 9.10. The smallest absolute Gasteiger partial charge is 0.137 e. The summed E-state index contributed by atoms with van der Waals surface area (Å²) in [6, 6.07) is 8.82. The van der Waals surface area contributed by atoms with Gasteiger partial charge in [-0.15, -0.1) is 0 Å². The van der Waals surface area contributed by atoms with Gasteiger partial charge in [0.05, 0.1) is 4.47 Å². The molecule has 112 valence electrons. The Hall–Kier alpha value is -1.46. The SMILES string of the molecule is CCNC(C)c1c(F)cccc1Oc1ccc(F)c(Br)c1. The second-order valence-corrected chi connectivity index (χ2v) is 5.46. The van der Waals surface area contributed by atoms with Gasteiger partial charge < -0.3 is 10.1 Å². The first kappa shape index (κ1) is 15.9. The van der Waals surface area contributed by atoms with Crippen molar-refractivity contribution >= 4 is 15.9 Å². The highest BCUT2D eigenvalue weighted by Gasteiger charge is 2.16. The van der Waals surface area contributed by atoms with Crippen LogP contribution in [0.25, 0.3) is 0 Å². The van der Waals surface area contributed by atoms with E-state index in [0.29, 0.717) is 21.5 Å². The molecule has 0 aliphatic rings. The lowest BCUT2D eigenvalue weighted by molar-refractivity contribution is 0.446. The lowest BCUT2D eigenvalue weighted by Gasteiger charge is -2.18. The number of halogens is 3. The molecule has 0 radical (unpaired) electrons. The molecule has 2 nitrogen and oxygen atoms in total. The van der Waals surface area contributed by atoms with Crippen LogP contribution in [0.1, 0.15) is 25.5 Å². The van der Waals surface area contributed by atoms with Gasteiger partial charge in [-0.2, -0.15) is 0 Å². The van der Waals surface area contributed by atoms with E-state index in [9.17, 15) is 8.78 Å². The minimum Gasteiger partial charge on any atom is -0.457 e. The molecule has 2 aromatic carbocycles. The molecule has 2 rings (SSSR count). The number of nitrogens with one attached hydrogen (secondary N) is 1. The Labute approximate surface area is 131 Å². The molecule has 1 atom stereocenters. The molecule has 0 aliphatic heterocycles. The molecule has 2 aromatic rings. The molecule has 0 fully saturated rings. The Morgan fingerprint density at radius 2 is 1.95 bits per heavy atom. The molecule has 1 N–H and O–H groups in total. The lowest BCUT2D eigenvalue weighted by Crippen LogP contribution is -2.19. The van der Waals surface area contributed by atoms with Crippen molar-refractivity contribution in [1.82, 2.24) is 5.32 Å². The lowest BCUT2D eigenvalue weighted by atomic mass is 10.1. The summed E-state index contributed by atoms with van der Waals surface area (Å²) < 4.78 is 33.3. The Kier molecular flexibility index (Phi) is 5.31. The topological polar surface area (TPSA) is 21.3 Å². The summed E-state index contributed by atoms with van der Waals surface area (Å²) in [5.74, 6) is 0.158. The molecule has 0 saturated carbocycles. The van der Waals surface area contributed by atoms with Crippen LogP contribution in [0.15, 0.2) is 40.9 Å². The Morgan fingerprint density at radius 1 is 1.19 bits per heavy atom. The van der Waals surface area contributed by atoms with E-state index in [1.165, 1.54) is 24.3 Å². The quantitative estimate of drug-likeness (QED) is 0.796. The van der Waals surface area contributed by atoms with E-state index in [0.717, 1.165) is 6.54 Å². The van der Waals surface area contributed by atoms with E-state index in [2.05, 4.69) is 21.2 Å². The second-order valence-electron chi connectivity index (χ2n) is 4.61. The van der Waals surface area contributed by atoms with Crippen LogP contribution in [0, 0.1) is 11.6 Å². The third-order valence-electron chi connectivity index (χ3n) is 3.08. The summed E-state index contributed by atoms with van der Waals surface area (Å²) in [5.41, 5.74) is 0.458. The highest BCUT2D eigenvalue weighted by Crippen LogP contribution is 2.33. The van der Waals surface area contributed by atoms with Crippen molar-refractivity contribution in [2.24, 2.45) is 0 Å². The summed E-state index contributed by atoms with van der Waals surface area (Å²) in [7, 11) is 0. The molecule has 0 heterocycles. The van der Waals surface area contributed by atoms with Crippen molar-refractivity contribution in [2.75, 3.05) is 6.54 Å². The van der Waals surface area contributed by atoms with Gasteiger partial charge in [0.25, 0.3) is 0 Å². The van der Waals surface area contributed by atoms with E-state index in [1.807, 2.05) is 13.8 Å². The van der Waals surface area contributed by atoms with Gasteiger partial charge >= 0.3 is 0 Å². The van der Waals surface area contributed by atoms with Gasteiger partial charge in [0.15, 0.2) is 0 Å². The third-order valence-corrected chi connectivity index (χ3v) is 3.68. The summed E-state index contributed by atoms with van der Waals surface area (Å²) in [4.78, 5) is 0. The zero-order chi connectivity index (χ0) is 15.4. The minimum absolute atomic E-state index is 0.185. The summed E-state index contributed by atoms with van der Waals surface area (Å²) in [6.45, 7) is 4.54. The average molecular weight is 356 g/mol. The Balaban J connectivity index is 2.35. The monoisotopic (exact) mass is 355 g/mol. The molecule has 21 heavy (non-hydrogen) atoms. The predicted molar refractivity (Wildman–Crippen MR) is 82.7 cm³/mol. The van der Waals surface area contributed by atoms with Crippen LogP contribution in [0.5, 0.6) is 11.5 Å². The van der Waals surface area contributed by atoms with Gasteiger partial charge in [-0.3, -0.25) is 0 Å². The molecule has 0 spiro atoms. The van der Waals surface area contributed by atoms with E-state index in [4.69, 9.17) is 4.74 Å². The zero-order valence-electron chi connectivity index (χ0n) is 11.8. The number of rotatable bonds is 5. The van der Waals surface area contributed by atoms with Crippen molar-refractivity contribution < 1.29 is 13.5 Å². The van der Waals surface area contributed by atoms with Crippen LogP contribution >= 0.6 is 15.9 Å². The van der Waals surface area contributed by atoms with Crippen molar-refractivity contribution in [2.45, 2.75) is 19.9 Å². The molecule has 0 aliphatic carbocycles. The van der Waals surface area contributed by atoms with E-state index in [-0.39, 0.29) is 17.7 Å². The molecular weight excluding hydrogens is 340 g/mol. The molecule has 0 bridgehead atoms. The van der Waals surface area contributed by atoms with Gasteiger partial charge in [0.1, 0.15) is 23.1 Å². The third kappa shape index (κ3) is 3.80. The van der Waals surface area contributed by atoms with Crippen molar-refractivity contribution in [3.05, 3.63) is 58.1 Å². The fraction of sp³-hybridized carbons (Fsp3) is 0.250. The van der Waals surface area contributed by atoms with Gasteiger partial charge in [-0.25, -0.2) is 8.78 Å². The number of hydrogen-bond acceptors (Lipinski definition) is 2. The molecular formula is C16H16BrF2NO. The van der Waals surface area contributed by atoms with Crippen LogP contribution in [0.4, 0.5) is 8.78 Å². The van der Waals surface area contributed by atoms with Crippen LogP contribution in [-0.2, 0) is 0 Å². The van der Waals surface area contributed by atoms with Gasteiger partial charge in [0, 0.05) is 11.6 Å². The largest absolute Gasteiger partial charge is 0.457 e. The maximum absolute atomic E-state index is 14.1. The van der Waals surface area contributed by atoms with Crippen molar-refractivity contribution in [3.63, 3.8) is 0 Å². The minimum atomic E-state index is -0.372. The van der Waals surface area contributed by atoms with E-state index >= 15 is 0 Å². The van der Waals surface area contributed by atoms with Gasteiger partial charge in [-0.05, 0) is 59.7 Å².